The zero-order chi connectivity index (χ0) is 14.5. The van der Waals surface area contributed by atoms with Gasteiger partial charge < -0.3 is 10.4 Å². The van der Waals surface area contributed by atoms with Gasteiger partial charge in [-0.3, -0.25) is 14.8 Å². The molecule has 2 N–H and O–H groups in total. The van der Waals surface area contributed by atoms with Crippen molar-refractivity contribution in [2.45, 2.75) is 12.6 Å². The summed E-state index contributed by atoms with van der Waals surface area (Å²) in [7, 11) is 1.84. The number of nitrogens with one attached hydrogen (secondary N) is 1. The fraction of sp³-hybridized carbons (Fsp3) is 0.308. The van der Waals surface area contributed by atoms with Crippen LogP contribution >= 0.6 is 0 Å². The zero-order valence-electron chi connectivity index (χ0n) is 11.1. The van der Waals surface area contributed by atoms with Gasteiger partial charge in [0.05, 0.1) is 17.2 Å². The summed E-state index contributed by atoms with van der Waals surface area (Å²) in [5.74, 6) is 0. The predicted molar refractivity (Wildman–Crippen MR) is 73.0 cm³/mol. The van der Waals surface area contributed by atoms with Crippen molar-refractivity contribution in [2.75, 3.05) is 6.54 Å². The third-order valence-corrected chi connectivity index (χ3v) is 2.91. The summed E-state index contributed by atoms with van der Waals surface area (Å²) in [6.45, 7) is 0.977. The lowest BCUT2D eigenvalue weighted by Crippen LogP contribution is -2.20. The van der Waals surface area contributed by atoms with E-state index in [4.69, 9.17) is 0 Å². The minimum Gasteiger partial charge on any atom is -0.387 e. The molecule has 7 heteroatoms. The average molecular weight is 276 g/mol. The Labute approximate surface area is 116 Å². The lowest BCUT2D eigenvalue weighted by molar-refractivity contribution is -0.384. The van der Waals surface area contributed by atoms with E-state index in [0.717, 1.165) is 5.56 Å². The Balaban J connectivity index is 1.85. The van der Waals surface area contributed by atoms with Crippen molar-refractivity contribution in [2.24, 2.45) is 7.05 Å². The molecule has 7 nitrogen and oxygen atoms in total. The number of non-ortho nitro benzene ring substituents is 1. The molecule has 1 unspecified atom stereocenters. The summed E-state index contributed by atoms with van der Waals surface area (Å²) in [6.07, 6.45) is 2.95. The van der Waals surface area contributed by atoms with Crippen LogP contribution in [0.1, 0.15) is 17.2 Å². The van der Waals surface area contributed by atoms with E-state index in [1.807, 2.05) is 13.2 Å². The van der Waals surface area contributed by atoms with E-state index in [1.165, 1.54) is 12.1 Å². The van der Waals surface area contributed by atoms with E-state index in [1.54, 1.807) is 23.0 Å². The van der Waals surface area contributed by atoms with Crippen molar-refractivity contribution < 1.29 is 10.0 Å². The van der Waals surface area contributed by atoms with E-state index in [9.17, 15) is 15.2 Å². The Hall–Kier alpha value is -2.25. The predicted octanol–water partition coefficient (Wildman–Crippen LogP) is 1.15. The number of hydrogen-bond acceptors (Lipinski definition) is 5. The number of benzene rings is 1. The maximum atomic E-state index is 10.5. The topological polar surface area (TPSA) is 93.2 Å². The van der Waals surface area contributed by atoms with E-state index >= 15 is 0 Å². The van der Waals surface area contributed by atoms with Gasteiger partial charge in [-0.05, 0) is 17.7 Å². The molecule has 0 saturated heterocycles. The molecule has 0 aliphatic heterocycles. The molecule has 1 heterocycles. The Morgan fingerprint density at radius 3 is 2.70 bits per heavy atom. The summed E-state index contributed by atoms with van der Waals surface area (Å²) in [5.41, 5.74) is 1.70. The lowest BCUT2D eigenvalue weighted by Gasteiger charge is -2.11. The summed E-state index contributed by atoms with van der Waals surface area (Å²) in [6, 6.07) is 5.91. The van der Waals surface area contributed by atoms with E-state index in [2.05, 4.69) is 10.4 Å². The first-order valence-electron chi connectivity index (χ1n) is 6.17. The third kappa shape index (κ3) is 3.62. The maximum Gasteiger partial charge on any atom is 0.269 e. The summed E-state index contributed by atoms with van der Waals surface area (Å²) >= 11 is 0. The highest BCUT2D eigenvalue weighted by atomic mass is 16.6. The molecule has 0 aliphatic carbocycles. The van der Waals surface area contributed by atoms with Gasteiger partial charge in [0, 0.05) is 44.0 Å². The second-order valence-electron chi connectivity index (χ2n) is 4.52. The van der Waals surface area contributed by atoms with E-state index in [-0.39, 0.29) is 5.69 Å². The number of aryl methyl sites for hydroxylation is 1. The Bertz CT molecular complexity index is 580. The molecule has 1 aromatic carbocycles. The molecular weight excluding hydrogens is 260 g/mol. The van der Waals surface area contributed by atoms with Crippen molar-refractivity contribution in [3.05, 3.63) is 57.9 Å². The van der Waals surface area contributed by atoms with Crippen LogP contribution in [0.2, 0.25) is 0 Å². The molecule has 2 aromatic rings. The molecule has 106 valence electrons. The fourth-order valence-corrected chi connectivity index (χ4v) is 1.85. The van der Waals surface area contributed by atoms with Crippen molar-refractivity contribution in [1.82, 2.24) is 15.1 Å². The highest BCUT2D eigenvalue weighted by Crippen LogP contribution is 2.17. The standard InChI is InChI=1S/C13H16N4O3/c1-16-9-10(7-15-16)6-14-8-13(18)11-2-4-12(5-3-11)17(19)20/h2-5,7,9,13-14,18H,6,8H2,1H3. The summed E-state index contributed by atoms with van der Waals surface area (Å²) in [5, 5.41) is 27.7. The third-order valence-electron chi connectivity index (χ3n) is 2.91. The normalized spacial score (nSPS) is 12.3. The molecule has 0 spiro atoms. The quantitative estimate of drug-likeness (QED) is 0.610. The van der Waals surface area contributed by atoms with Gasteiger partial charge in [-0.15, -0.1) is 0 Å². The molecule has 20 heavy (non-hydrogen) atoms. The largest absolute Gasteiger partial charge is 0.387 e. The lowest BCUT2D eigenvalue weighted by atomic mass is 10.1. The molecular formula is C13H16N4O3. The van der Waals surface area contributed by atoms with Crippen LogP contribution in [0.4, 0.5) is 5.69 Å². The van der Waals surface area contributed by atoms with Crippen molar-refractivity contribution >= 4 is 5.69 Å². The van der Waals surface area contributed by atoms with Gasteiger partial charge in [-0.1, -0.05) is 0 Å². The zero-order valence-corrected chi connectivity index (χ0v) is 11.1. The van der Waals surface area contributed by atoms with Gasteiger partial charge in [0.1, 0.15) is 0 Å². The van der Waals surface area contributed by atoms with Crippen molar-refractivity contribution in [3.63, 3.8) is 0 Å². The number of nitrogens with zero attached hydrogens (tertiary/aromatic N) is 3. The Morgan fingerprint density at radius 1 is 1.45 bits per heavy atom. The number of nitro benzene ring substituents is 1. The highest BCUT2D eigenvalue weighted by molar-refractivity contribution is 5.33. The SMILES string of the molecule is Cn1cc(CNCC(O)c2ccc([N+](=O)[O-])cc2)cn1. The number of hydrogen-bond donors (Lipinski definition) is 2. The molecule has 0 saturated carbocycles. The molecule has 0 aliphatic rings. The van der Waals surface area contributed by atoms with Crippen LogP contribution in [0, 0.1) is 10.1 Å². The summed E-state index contributed by atoms with van der Waals surface area (Å²) in [4.78, 5) is 10.1. The minimum absolute atomic E-state index is 0.0178. The second-order valence-corrected chi connectivity index (χ2v) is 4.52. The number of nitro groups is 1. The van der Waals surface area contributed by atoms with Crippen LogP contribution in [-0.4, -0.2) is 26.4 Å². The van der Waals surface area contributed by atoms with Crippen LogP contribution in [0.5, 0.6) is 0 Å². The first kappa shape index (κ1) is 14.2. The van der Waals surface area contributed by atoms with Gasteiger partial charge in [0.2, 0.25) is 0 Å². The molecule has 1 atom stereocenters. The second kappa shape index (κ2) is 6.27. The first-order chi connectivity index (χ1) is 9.56. The molecule has 0 bridgehead atoms. The monoisotopic (exact) mass is 276 g/mol. The van der Waals surface area contributed by atoms with Gasteiger partial charge in [0.15, 0.2) is 0 Å². The van der Waals surface area contributed by atoms with Crippen LogP contribution < -0.4 is 5.32 Å². The number of aromatic nitrogens is 2. The van der Waals surface area contributed by atoms with Crippen LogP contribution in [0.15, 0.2) is 36.7 Å². The molecule has 0 radical (unpaired) electrons. The summed E-state index contributed by atoms with van der Waals surface area (Å²) < 4.78 is 1.71. The van der Waals surface area contributed by atoms with E-state index < -0.39 is 11.0 Å². The molecule has 1 aromatic heterocycles. The van der Waals surface area contributed by atoms with Crippen LogP contribution in [0.3, 0.4) is 0 Å². The highest BCUT2D eigenvalue weighted by Gasteiger charge is 2.10. The number of aliphatic hydroxyl groups is 1. The van der Waals surface area contributed by atoms with Crippen LogP contribution in [0.25, 0.3) is 0 Å². The van der Waals surface area contributed by atoms with Crippen molar-refractivity contribution in [3.8, 4) is 0 Å². The van der Waals surface area contributed by atoms with Crippen molar-refractivity contribution in [1.29, 1.82) is 0 Å². The Morgan fingerprint density at radius 2 is 2.15 bits per heavy atom. The smallest absolute Gasteiger partial charge is 0.269 e. The van der Waals surface area contributed by atoms with Gasteiger partial charge >= 0.3 is 0 Å². The Kier molecular flexibility index (Phi) is 4.44. The average Bonchev–Trinajstić information content (AvgIpc) is 2.84. The molecule has 0 amide bonds. The number of aliphatic hydroxyl groups excluding tert-OH is 1. The maximum absolute atomic E-state index is 10.5. The van der Waals surface area contributed by atoms with Gasteiger partial charge in [0.25, 0.3) is 5.69 Å². The number of rotatable bonds is 6. The van der Waals surface area contributed by atoms with Gasteiger partial charge in [-0.25, -0.2) is 0 Å². The van der Waals surface area contributed by atoms with Gasteiger partial charge in [-0.2, -0.15) is 5.10 Å². The minimum atomic E-state index is -0.701. The molecule has 2 rings (SSSR count). The molecule has 0 fully saturated rings. The fourth-order valence-electron chi connectivity index (χ4n) is 1.85. The van der Waals surface area contributed by atoms with Crippen LogP contribution in [-0.2, 0) is 13.6 Å². The first-order valence-corrected chi connectivity index (χ1v) is 6.17. The van der Waals surface area contributed by atoms with E-state index in [0.29, 0.717) is 18.7 Å².